The highest BCUT2D eigenvalue weighted by atomic mass is 16.6. The van der Waals surface area contributed by atoms with E-state index in [-0.39, 0.29) is 23.1 Å². The lowest BCUT2D eigenvalue weighted by Gasteiger charge is -2.03. The number of hydrogen-bond donors (Lipinski definition) is 1. The average molecular weight is 261 g/mol. The summed E-state index contributed by atoms with van der Waals surface area (Å²) in [5, 5.41) is 2.11. The summed E-state index contributed by atoms with van der Waals surface area (Å²) in [5.41, 5.74) is 0.386. The van der Waals surface area contributed by atoms with E-state index in [9.17, 15) is 19.2 Å². The number of fused-ring (bicyclic) bond motifs is 1. The zero-order valence-corrected chi connectivity index (χ0v) is 10.2. The van der Waals surface area contributed by atoms with Crippen molar-refractivity contribution in [3.8, 4) is 0 Å². The molecule has 0 atom stereocenters. The van der Waals surface area contributed by atoms with Gasteiger partial charge in [0, 0.05) is 6.42 Å². The Bertz CT molecular complexity index is 591. The molecule has 98 valence electrons. The second-order valence-corrected chi connectivity index (χ2v) is 4.06. The largest absolute Gasteiger partial charge is 0.389 e. The van der Waals surface area contributed by atoms with Crippen molar-refractivity contribution >= 4 is 23.8 Å². The molecule has 0 saturated heterocycles. The van der Waals surface area contributed by atoms with Crippen LogP contribution in [-0.4, -0.2) is 23.8 Å². The van der Waals surface area contributed by atoms with Crippen LogP contribution in [0.5, 0.6) is 0 Å². The molecule has 0 aromatic heterocycles. The van der Waals surface area contributed by atoms with Crippen LogP contribution in [0.2, 0.25) is 0 Å². The smallest absolute Gasteiger partial charge is 0.345 e. The molecule has 0 saturated carbocycles. The summed E-state index contributed by atoms with van der Waals surface area (Å²) in [6.07, 6.45) is 0.725. The Labute approximate surface area is 108 Å². The number of esters is 2. The number of carbonyl (C=O) groups excluding carboxylic acids is 4. The average Bonchev–Trinajstić information content (AvgIpc) is 2.65. The maximum atomic E-state index is 11.7. The maximum Gasteiger partial charge on any atom is 0.345 e. The third-order valence-electron chi connectivity index (χ3n) is 2.63. The summed E-state index contributed by atoms with van der Waals surface area (Å²) < 4.78 is 4.60. The highest BCUT2D eigenvalue weighted by molar-refractivity contribution is 6.22. The molecule has 0 bridgehead atoms. The van der Waals surface area contributed by atoms with E-state index in [1.807, 2.05) is 0 Å². The highest BCUT2D eigenvalue weighted by Crippen LogP contribution is 2.18. The van der Waals surface area contributed by atoms with Crippen molar-refractivity contribution < 1.29 is 23.9 Å². The Morgan fingerprint density at radius 2 is 1.84 bits per heavy atom. The van der Waals surface area contributed by atoms with Crippen LogP contribution in [0.25, 0.3) is 0 Å². The number of rotatable bonds is 3. The third-order valence-corrected chi connectivity index (χ3v) is 2.63. The molecule has 1 aliphatic rings. The molecular formula is C13H11NO5. The number of amides is 2. The van der Waals surface area contributed by atoms with Gasteiger partial charge >= 0.3 is 11.9 Å². The van der Waals surface area contributed by atoms with Gasteiger partial charge in [0.1, 0.15) is 0 Å². The lowest BCUT2D eigenvalue weighted by atomic mass is 10.1. The quantitative estimate of drug-likeness (QED) is 0.499. The van der Waals surface area contributed by atoms with Crippen LogP contribution in [-0.2, 0) is 9.53 Å². The summed E-state index contributed by atoms with van der Waals surface area (Å²) >= 11 is 0. The predicted molar refractivity (Wildman–Crippen MR) is 63.6 cm³/mol. The van der Waals surface area contributed by atoms with Crippen molar-refractivity contribution in [1.82, 2.24) is 5.32 Å². The second kappa shape index (κ2) is 5.01. The van der Waals surface area contributed by atoms with E-state index < -0.39 is 23.8 Å². The van der Waals surface area contributed by atoms with E-state index in [1.165, 1.54) is 18.2 Å². The molecule has 0 spiro atoms. The topological polar surface area (TPSA) is 89.5 Å². The van der Waals surface area contributed by atoms with Gasteiger partial charge in [0.05, 0.1) is 16.7 Å². The lowest BCUT2D eigenvalue weighted by Crippen LogP contribution is -2.19. The fourth-order valence-electron chi connectivity index (χ4n) is 1.71. The van der Waals surface area contributed by atoms with Crippen molar-refractivity contribution in [3.05, 3.63) is 34.9 Å². The van der Waals surface area contributed by atoms with E-state index in [4.69, 9.17) is 0 Å². The van der Waals surface area contributed by atoms with E-state index in [2.05, 4.69) is 10.1 Å². The van der Waals surface area contributed by atoms with Crippen LogP contribution in [0.1, 0.15) is 50.8 Å². The monoisotopic (exact) mass is 261 g/mol. The molecule has 1 aliphatic heterocycles. The molecular weight excluding hydrogens is 250 g/mol. The van der Waals surface area contributed by atoms with Gasteiger partial charge in [0.25, 0.3) is 11.8 Å². The molecule has 6 heteroatoms. The predicted octanol–water partition coefficient (Wildman–Crippen LogP) is 1.05. The standard InChI is InChI=1S/C13H11NO5/c1-2-3-10(15)19-13(18)7-4-5-8-9(6-7)12(17)14-11(8)16/h4-6H,2-3H2,1H3,(H,14,16,17). The molecule has 1 N–H and O–H groups in total. The zero-order chi connectivity index (χ0) is 14.0. The molecule has 2 amide bonds. The van der Waals surface area contributed by atoms with Gasteiger partial charge in [-0.25, -0.2) is 4.79 Å². The van der Waals surface area contributed by atoms with E-state index in [0.717, 1.165) is 0 Å². The van der Waals surface area contributed by atoms with Crippen LogP contribution >= 0.6 is 0 Å². The number of benzene rings is 1. The number of ether oxygens (including phenoxy) is 1. The summed E-state index contributed by atoms with van der Waals surface area (Å²) in [5.74, 6) is -2.50. The van der Waals surface area contributed by atoms with E-state index >= 15 is 0 Å². The minimum atomic E-state index is -0.826. The summed E-state index contributed by atoms with van der Waals surface area (Å²) in [7, 11) is 0. The van der Waals surface area contributed by atoms with Gasteiger partial charge in [-0.05, 0) is 24.6 Å². The highest BCUT2D eigenvalue weighted by Gasteiger charge is 2.28. The van der Waals surface area contributed by atoms with Crippen LogP contribution < -0.4 is 5.32 Å². The number of nitrogens with one attached hydrogen (secondary N) is 1. The first-order valence-corrected chi connectivity index (χ1v) is 5.77. The van der Waals surface area contributed by atoms with Crippen molar-refractivity contribution in [2.24, 2.45) is 0 Å². The third kappa shape index (κ3) is 2.52. The minimum absolute atomic E-state index is 0.0630. The molecule has 1 aromatic carbocycles. The minimum Gasteiger partial charge on any atom is -0.389 e. The van der Waals surface area contributed by atoms with Gasteiger partial charge in [0.2, 0.25) is 0 Å². The molecule has 0 aliphatic carbocycles. The lowest BCUT2D eigenvalue weighted by molar-refractivity contribution is -0.137. The number of hydrogen-bond acceptors (Lipinski definition) is 5. The van der Waals surface area contributed by atoms with Gasteiger partial charge in [-0.1, -0.05) is 6.92 Å². The van der Waals surface area contributed by atoms with E-state index in [1.54, 1.807) is 6.92 Å². The Kier molecular flexibility index (Phi) is 3.41. The summed E-state index contributed by atoms with van der Waals surface area (Å²) in [4.78, 5) is 45.6. The van der Waals surface area contributed by atoms with Crippen LogP contribution in [0, 0.1) is 0 Å². The first kappa shape index (κ1) is 12.9. The first-order chi connectivity index (χ1) is 9.02. The fourth-order valence-corrected chi connectivity index (χ4v) is 1.71. The fraction of sp³-hybridized carbons (Fsp3) is 0.231. The van der Waals surface area contributed by atoms with Crippen molar-refractivity contribution in [1.29, 1.82) is 0 Å². The maximum absolute atomic E-state index is 11.7. The molecule has 0 fully saturated rings. The zero-order valence-electron chi connectivity index (χ0n) is 10.2. The van der Waals surface area contributed by atoms with Crippen molar-refractivity contribution in [3.63, 3.8) is 0 Å². The van der Waals surface area contributed by atoms with Crippen LogP contribution in [0.4, 0.5) is 0 Å². The molecule has 1 heterocycles. The molecule has 19 heavy (non-hydrogen) atoms. The Balaban J connectivity index is 2.21. The Morgan fingerprint density at radius 3 is 2.53 bits per heavy atom. The molecule has 0 radical (unpaired) electrons. The van der Waals surface area contributed by atoms with Crippen molar-refractivity contribution in [2.75, 3.05) is 0 Å². The Hall–Kier alpha value is -2.50. The van der Waals surface area contributed by atoms with Crippen LogP contribution in [0.3, 0.4) is 0 Å². The summed E-state index contributed by atoms with van der Waals surface area (Å²) in [6.45, 7) is 1.79. The Morgan fingerprint density at radius 1 is 1.16 bits per heavy atom. The van der Waals surface area contributed by atoms with Crippen molar-refractivity contribution in [2.45, 2.75) is 19.8 Å². The molecule has 0 unspecified atom stereocenters. The van der Waals surface area contributed by atoms with Gasteiger partial charge in [-0.2, -0.15) is 0 Å². The molecule has 2 rings (SSSR count). The number of imide groups is 1. The first-order valence-electron chi connectivity index (χ1n) is 5.77. The van der Waals surface area contributed by atoms with Gasteiger partial charge in [-0.15, -0.1) is 0 Å². The van der Waals surface area contributed by atoms with Gasteiger partial charge in [0.15, 0.2) is 0 Å². The SMILES string of the molecule is CCCC(=O)OC(=O)c1ccc2c(c1)C(=O)NC2=O. The van der Waals surface area contributed by atoms with Gasteiger partial charge in [-0.3, -0.25) is 19.7 Å². The van der Waals surface area contributed by atoms with Crippen LogP contribution in [0.15, 0.2) is 18.2 Å². The number of carbonyl (C=O) groups is 4. The van der Waals surface area contributed by atoms with E-state index in [0.29, 0.717) is 6.42 Å². The molecule has 6 nitrogen and oxygen atoms in total. The normalized spacial score (nSPS) is 12.9. The summed E-state index contributed by atoms with van der Waals surface area (Å²) in [6, 6.07) is 3.95. The van der Waals surface area contributed by atoms with Gasteiger partial charge < -0.3 is 4.74 Å². The second-order valence-electron chi connectivity index (χ2n) is 4.06. The molecule has 1 aromatic rings.